The van der Waals surface area contributed by atoms with Gasteiger partial charge in [-0.1, -0.05) is 18.2 Å². The zero-order chi connectivity index (χ0) is 12.3. The van der Waals surface area contributed by atoms with E-state index in [2.05, 4.69) is 10.3 Å². The van der Waals surface area contributed by atoms with Gasteiger partial charge in [0.1, 0.15) is 5.82 Å². The van der Waals surface area contributed by atoms with Gasteiger partial charge in [0.05, 0.1) is 0 Å². The lowest BCUT2D eigenvalue weighted by atomic mass is 10.2. The molecule has 0 aliphatic carbocycles. The van der Waals surface area contributed by atoms with Gasteiger partial charge >= 0.3 is 0 Å². The number of nitrogens with zero attached hydrogens (tertiary/aromatic N) is 1. The van der Waals surface area contributed by atoms with E-state index < -0.39 is 0 Å². The Morgan fingerprint density at radius 3 is 2.47 bits per heavy atom. The maximum Gasteiger partial charge on any atom is 0.256 e. The van der Waals surface area contributed by atoms with Gasteiger partial charge in [-0.2, -0.15) is 0 Å². The molecule has 1 amide bonds. The van der Waals surface area contributed by atoms with Crippen LogP contribution in [-0.4, -0.2) is 10.9 Å². The zero-order valence-electron chi connectivity index (χ0n) is 9.90. The first-order valence-electron chi connectivity index (χ1n) is 5.47. The first-order chi connectivity index (χ1) is 8.15. The van der Waals surface area contributed by atoms with Crippen LogP contribution < -0.4 is 5.32 Å². The molecule has 17 heavy (non-hydrogen) atoms. The van der Waals surface area contributed by atoms with Crippen molar-refractivity contribution < 1.29 is 4.79 Å². The Balaban J connectivity index is 2.19. The van der Waals surface area contributed by atoms with Crippen molar-refractivity contribution in [2.45, 2.75) is 13.8 Å². The summed E-state index contributed by atoms with van der Waals surface area (Å²) in [6, 6.07) is 12.9. The molecule has 1 aromatic carbocycles. The minimum absolute atomic E-state index is 0.136. The van der Waals surface area contributed by atoms with Crippen LogP contribution in [-0.2, 0) is 0 Å². The molecule has 0 aliphatic heterocycles. The summed E-state index contributed by atoms with van der Waals surface area (Å²) in [5, 5.41) is 2.79. The number of carbonyl (C=O) groups is 1. The molecule has 0 fully saturated rings. The Hall–Kier alpha value is -2.16. The predicted molar refractivity (Wildman–Crippen MR) is 68.1 cm³/mol. The molecular weight excluding hydrogens is 212 g/mol. The molecule has 3 heteroatoms. The van der Waals surface area contributed by atoms with Crippen molar-refractivity contribution in [2.75, 3.05) is 5.32 Å². The Labute approximate surface area is 101 Å². The Morgan fingerprint density at radius 2 is 1.82 bits per heavy atom. The third-order valence-corrected chi connectivity index (χ3v) is 2.38. The molecular formula is C14H14N2O. The molecule has 0 aliphatic rings. The van der Waals surface area contributed by atoms with Crippen molar-refractivity contribution in [3.05, 3.63) is 59.3 Å². The van der Waals surface area contributed by atoms with Crippen LogP contribution in [0.4, 0.5) is 5.82 Å². The largest absolute Gasteiger partial charge is 0.307 e. The van der Waals surface area contributed by atoms with E-state index in [0.29, 0.717) is 11.4 Å². The van der Waals surface area contributed by atoms with Gasteiger partial charge in [0.25, 0.3) is 5.91 Å². The highest BCUT2D eigenvalue weighted by atomic mass is 16.1. The lowest BCUT2D eigenvalue weighted by Gasteiger charge is -2.06. The SMILES string of the molecule is Cc1cc(C)nc(NC(=O)c2ccccc2)c1. The van der Waals surface area contributed by atoms with E-state index in [9.17, 15) is 4.79 Å². The van der Waals surface area contributed by atoms with Gasteiger partial charge in [-0.15, -0.1) is 0 Å². The fraction of sp³-hybridized carbons (Fsp3) is 0.143. The number of amides is 1. The van der Waals surface area contributed by atoms with Crippen LogP contribution in [0.2, 0.25) is 0 Å². The van der Waals surface area contributed by atoms with Crippen LogP contribution in [0.15, 0.2) is 42.5 Å². The van der Waals surface area contributed by atoms with Crippen LogP contribution in [0.5, 0.6) is 0 Å². The molecule has 0 unspecified atom stereocenters. The van der Waals surface area contributed by atoms with Crippen LogP contribution in [0, 0.1) is 13.8 Å². The van der Waals surface area contributed by atoms with E-state index in [1.807, 2.05) is 44.2 Å². The standard InChI is InChI=1S/C14H14N2O/c1-10-8-11(2)15-13(9-10)16-14(17)12-6-4-3-5-7-12/h3-9H,1-2H3,(H,15,16,17). The van der Waals surface area contributed by atoms with Crippen LogP contribution >= 0.6 is 0 Å². The summed E-state index contributed by atoms with van der Waals surface area (Å²) in [5.41, 5.74) is 2.61. The fourth-order valence-corrected chi connectivity index (χ4v) is 1.68. The zero-order valence-corrected chi connectivity index (χ0v) is 9.90. The third kappa shape index (κ3) is 2.91. The number of hydrogen-bond acceptors (Lipinski definition) is 2. The van der Waals surface area contributed by atoms with Gasteiger partial charge in [-0.3, -0.25) is 4.79 Å². The van der Waals surface area contributed by atoms with Crippen molar-refractivity contribution >= 4 is 11.7 Å². The molecule has 0 bridgehead atoms. The molecule has 1 heterocycles. The fourth-order valence-electron chi connectivity index (χ4n) is 1.68. The number of carbonyl (C=O) groups excluding carboxylic acids is 1. The topological polar surface area (TPSA) is 42.0 Å². The highest BCUT2D eigenvalue weighted by Crippen LogP contribution is 2.10. The molecule has 0 radical (unpaired) electrons. The molecule has 0 atom stereocenters. The maximum absolute atomic E-state index is 11.9. The van der Waals surface area contributed by atoms with E-state index >= 15 is 0 Å². The summed E-state index contributed by atoms with van der Waals surface area (Å²) in [7, 11) is 0. The summed E-state index contributed by atoms with van der Waals surface area (Å²) in [6.07, 6.45) is 0. The number of aromatic nitrogens is 1. The smallest absolute Gasteiger partial charge is 0.256 e. The molecule has 1 aromatic heterocycles. The average Bonchev–Trinajstić information content (AvgIpc) is 2.28. The molecule has 2 aromatic rings. The van der Waals surface area contributed by atoms with Crippen molar-refractivity contribution in [2.24, 2.45) is 0 Å². The number of pyridine rings is 1. The molecule has 86 valence electrons. The van der Waals surface area contributed by atoms with Gasteiger partial charge in [-0.05, 0) is 43.7 Å². The molecule has 1 N–H and O–H groups in total. The van der Waals surface area contributed by atoms with Gasteiger partial charge in [0, 0.05) is 11.3 Å². The predicted octanol–water partition coefficient (Wildman–Crippen LogP) is 2.95. The summed E-state index contributed by atoms with van der Waals surface area (Å²) >= 11 is 0. The lowest BCUT2D eigenvalue weighted by Crippen LogP contribution is -2.13. The van der Waals surface area contributed by atoms with E-state index in [0.717, 1.165) is 11.3 Å². The van der Waals surface area contributed by atoms with Gasteiger partial charge in [0.2, 0.25) is 0 Å². The number of nitrogens with one attached hydrogen (secondary N) is 1. The van der Waals surface area contributed by atoms with Gasteiger partial charge in [0.15, 0.2) is 0 Å². The van der Waals surface area contributed by atoms with Crippen LogP contribution in [0.1, 0.15) is 21.6 Å². The number of anilines is 1. The average molecular weight is 226 g/mol. The molecule has 3 nitrogen and oxygen atoms in total. The molecule has 0 saturated carbocycles. The van der Waals surface area contributed by atoms with E-state index in [1.165, 1.54) is 0 Å². The number of rotatable bonds is 2. The maximum atomic E-state index is 11.9. The summed E-state index contributed by atoms with van der Waals surface area (Å²) in [6.45, 7) is 3.89. The van der Waals surface area contributed by atoms with Crippen molar-refractivity contribution in [1.29, 1.82) is 0 Å². The Kier molecular flexibility index (Phi) is 3.19. The minimum atomic E-state index is -0.136. The lowest BCUT2D eigenvalue weighted by molar-refractivity contribution is 0.102. The second-order valence-electron chi connectivity index (χ2n) is 3.99. The number of aryl methyl sites for hydroxylation is 2. The highest BCUT2D eigenvalue weighted by Gasteiger charge is 2.06. The second-order valence-corrected chi connectivity index (χ2v) is 3.99. The van der Waals surface area contributed by atoms with E-state index in [4.69, 9.17) is 0 Å². The first-order valence-corrected chi connectivity index (χ1v) is 5.47. The Bertz CT molecular complexity index is 515. The number of hydrogen-bond donors (Lipinski definition) is 1. The van der Waals surface area contributed by atoms with Crippen LogP contribution in [0.25, 0.3) is 0 Å². The quantitative estimate of drug-likeness (QED) is 0.855. The highest BCUT2D eigenvalue weighted by molar-refractivity contribution is 6.03. The summed E-state index contributed by atoms with van der Waals surface area (Å²) < 4.78 is 0. The van der Waals surface area contributed by atoms with Gasteiger partial charge in [-0.25, -0.2) is 4.98 Å². The summed E-state index contributed by atoms with van der Waals surface area (Å²) in [5.74, 6) is 0.458. The van der Waals surface area contributed by atoms with Crippen molar-refractivity contribution in [3.8, 4) is 0 Å². The normalized spacial score (nSPS) is 10.0. The second kappa shape index (κ2) is 4.78. The van der Waals surface area contributed by atoms with Crippen molar-refractivity contribution in [1.82, 2.24) is 4.98 Å². The monoisotopic (exact) mass is 226 g/mol. The summed E-state index contributed by atoms with van der Waals surface area (Å²) in [4.78, 5) is 16.2. The van der Waals surface area contributed by atoms with Gasteiger partial charge < -0.3 is 5.32 Å². The first kappa shape index (κ1) is 11.3. The molecule has 0 saturated heterocycles. The number of benzene rings is 1. The van der Waals surface area contributed by atoms with Crippen LogP contribution in [0.3, 0.4) is 0 Å². The van der Waals surface area contributed by atoms with E-state index in [1.54, 1.807) is 12.1 Å². The molecule has 2 rings (SSSR count). The van der Waals surface area contributed by atoms with Crippen molar-refractivity contribution in [3.63, 3.8) is 0 Å². The molecule has 0 spiro atoms. The Morgan fingerprint density at radius 1 is 1.12 bits per heavy atom. The third-order valence-electron chi connectivity index (χ3n) is 2.38. The minimum Gasteiger partial charge on any atom is -0.307 e. The van der Waals surface area contributed by atoms with E-state index in [-0.39, 0.29) is 5.91 Å².